The molecule has 0 aliphatic carbocycles. The van der Waals surface area contributed by atoms with E-state index in [-0.39, 0.29) is 5.82 Å². The van der Waals surface area contributed by atoms with Crippen LogP contribution in [0.5, 0.6) is 0 Å². The Labute approximate surface area is 188 Å². The Morgan fingerprint density at radius 3 is 2.19 bits per heavy atom. The van der Waals surface area contributed by atoms with Crippen LogP contribution < -0.4 is 4.90 Å². The third-order valence-electron chi connectivity index (χ3n) is 5.74. The molecule has 0 bridgehead atoms. The number of anilines is 1. The van der Waals surface area contributed by atoms with Crippen molar-refractivity contribution in [3.63, 3.8) is 0 Å². The van der Waals surface area contributed by atoms with Crippen LogP contribution in [0.25, 0.3) is 11.4 Å². The van der Waals surface area contributed by atoms with E-state index in [1.54, 1.807) is 12.1 Å². The standard InChI is InChI=1S/C24H27FN4O2S/c1-3-22-21(17-18-9-11-20(25)12-10-18)24(27-23(26-22)19-7-5-4-6-8-19)28-13-15-29(16-14-28)32(2,30)31/h4-12H,3,13-17H2,1-2H3. The number of hydrogen-bond acceptors (Lipinski definition) is 5. The van der Waals surface area contributed by atoms with Gasteiger partial charge >= 0.3 is 0 Å². The number of rotatable bonds is 6. The van der Waals surface area contributed by atoms with Gasteiger partial charge in [0, 0.05) is 49.4 Å². The van der Waals surface area contributed by atoms with E-state index in [2.05, 4.69) is 11.8 Å². The number of halogens is 1. The maximum atomic E-state index is 13.4. The molecule has 168 valence electrons. The minimum Gasteiger partial charge on any atom is -0.354 e. The largest absolute Gasteiger partial charge is 0.354 e. The summed E-state index contributed by atoms with van der Waals surface area (Å²) in [5.74, 6) is 1.22. The number of aryl methyl sites for hydroxylation is 1. The van der Waals surface area contributed by atoms with Crippen LogP contribution in [0.15, 0.2) is 54.6 Å². The van der Waals surface area contributed by atoms with Crippen molar-refractivity contribution in [1.29, 1.82) is 0 Å². The monoisotopic (exact) mass is 454 g/mol. The van der Waals surface area contributed by atoms with Gasteiger partial charge in [-0.1, -0.05) is 49.4 Å². The summed E-state index contributed by atoms with van der Waals surface area (Å²) in [6, 6.07) is 16.3. The first-order valence-electron chi connectivity index (χ1n) is 10.7. The smallest absolute Gasteiger partial charge is 0.211 e. The van der Waals surface area contributed by atoms with Crippen molar-refractivity contribution in [1.82, 2.24) is 14.3 Å². The predicted octanol–water partition coefficient (Wildman–Crippen LogP) is 3.52. The molecule has 6 nitrogen and oxygen atoms in total. The lowest BCUT2D eigenvalue weighted by molar-refractivity contribution is 0.386. The summed E-state index contributed by atoms with van der Waals surface area (Å²) in [6.45, 7) is 4.01. The molecule has 0 radical (unpaired) electrons. The second-order valence-electron chi connectivity index (χ2n) is 7.97. The molecular weight excluding hydrogens is 427 g/mol. The number of nitrogens with zero attached hydrogens (tertiary/aromatic N) is 4. The SMILES string of the molecule is CCc1nc(-c2ccccc2)nc(N2CCN(S(C)(=O)=O)CC2)c1Cc1ccc(F)cc1. The van der Waals surface area contributed by atoms with Crippen LogP contribution in [-0.2, 0) is 22.9 Å². The molecule has 0 saturated carbocycles. The molecule has 2 aromatic carbocycles. The molecule has 32 heavy (non-hydrogen) atoms. The van der Waals surface area contributed by atoms with E-state index >= 15 is 0 Å². The van der Waals surface area contributed by atoms with Gasteiger partial charge in [-0.3, -0.25) is 0 Å². The molecule has 1 aliphatic heterocycles. The maximum absolute atomic E-state index is 13.4. The fourth-order valence-electron chi connectivity index (χ4n) is 4.01. The Morgan fingerprint density at radius 2 is 1.59 bits per heavy atom. The number of piperazine rings is 1. The van der Waals surface area contributed by atoms with E-state index in [9.17, 15) is 12.8 Å². The van der Waals surface area contributed by atoms with Gasteiger partial charge in [0.1, 0.15) is 11.6 Å². The number of benzene rings is 2. The van der Waals surface area contributed by atoms with E-state index in [1.807, 2.05) is 30.3 Å². The molecule has 2 heterocycles. The Balaban J connectivity index is 1.76. The van der Waals surface area contributed by atoms with Gasteiger partial charge < -0.3 is 4.90 Å². The van der Waals surface area contributed by atoms with Gasteiger partial charge in [0.2, 0.25) is 10.0 Å². The fourth-order valence-corrected chi connectivity index (χ4v) is 4.83. The van der Waals surface area contributed by atoms with Crippen LogP contribution in [0.3, 0.4) is 0 Å². The lowest BCUT2D eigenvalue weighted by Gasteiger charge is -2.35. The van der Waals surface area contributed by atoms with Gasteiger partial charge in [-0.2, -0.15) is 4.31 Å². The maximum Gasteiger partial charge on any atom is 0.211 e. The van der Waals surface area contributed by atoms with Gasteiger partial charge in [0.05, 0.1) is 6.26 Å². The van der Waals surface area contributed by atoms with Gasteiger partial charge in [0.15, 0.2) is 5.82 Å². The van der Waals surface area contributed by atoms with Gasteiger partial charge in [0.25, 0.3) is 0 Å². The first-order chi connectivity index (χ1) is 15.3. The molecule has 0 unspecified atom stereocenters. The van der Waals surface area contributed by atoms with Crippen LogP contribution in [0.2, 0.25) is 0 Å². The third-order valence-corrected chi connectivity index (χ3v) is 7.04. The molecule has 4 rings (SSSR count). The Hall–Kier alpha value is -2.84. The van der Waals surface area contributed by atoms with E-state index < -0.39 is 10.0 Å². The van der Waals surface area contributed by atoms with Gasteiger partial charge in [-0.05, 0) is 24.1 Å². The average Bonchev–Trinajstić information content (AvgIpc) is 2.80. The van der Waals surface area contributed by atoms with Crippen molar-refractivity contribution in [3.05, 3.63) is 77.2 Å². The summed E-state index contributed by atoms with van der Waals surface area (Å²) in [5, 5.41) is 0. The summed E-state index contributed by atoms with van der Waals surface area (Å²) in [6.07, 6.45) is 2.56. The third kappa shape index (κ3) is 4.97. The van der Waals surface area contributed by atoms with Crippen molar-refractivity contribution >= 4 is 15.8 Å². The van der Waals surface area contributed by atoms with Crippen molar-refractivity contribution in [3.8, 4) is 11.4 Å². The lowest BCUT2D eigenvalue weighted by Crippen LogP contribution is -2.49. The number of hydrogen-bond donors (Lipinski definition) is 0. The van der Waals surface area contributed by atoms with Crippen molar-refractivity contribution in [2.75, 3.05) is 37.3 Å². The van der Waals surface area contributed by atoms with Crippen LogP contribution in [-0.4, -0.2) is 55.1 Å². The van der Waals surface area contributed by atoms with Crippen molar-refractivity contribution in [2.45, 2.75) is 19.8 Å². The summed E-state index contributed by atoms with van der Waals surface area (Å²) in [5.41, 5.74) is 3.87. The van der Waals surface area contributed by atoms with Crippen LogP contribution in [0, 0.1) is 5.82 Å². The highest BCUT2D eigenvalue weighted by Crippen LogP contribution is 2.29. The molecule has 0 spiro atoms. The molecule has 0 N–H and O–H groups in total. The van der Waals surface area contributed by atoms with E-state index in [0.717, 1.165) is 34.6 Å². The molecule has 1 aromatic heterocycles. The number of sulfonamides is 1. The molecule has 0 atom stereocenters. The molecule has 1 saturated heterocycles. The molecule has 3 aromatic rings. The summed E-state index contributed by atoms with van der Waals surface area (Å²) in [7, 11) is -3.22. The predicted molar refractivity (Wildman–Crippen MR) is 125 cm³/mol. The molecular formula is C24H27FN4O2S. The number of aromatic nitrogens is 2. The van der Waals surface area contributed by atoms with E-state index in [4.69, 9.17) is 9.97 Å². The highest BCUT2D eigenvalue weighted by molar-refractivity contribution is 7.88. The average molecular weight is 455 g/mol. The minimum atomic E-state index is -3.22. The van der Waals surface area contributed by atoms with Crippen LogP contribution in [0.1, 0.15) is 23.7 Å². The normalized spacial score (nSPS) is 15.2. The second-order valence-corrected chi connectivity index (χ2v) is 9.95. The van der Waals surface area contributed by atoms with Crippen molar-refractivity contribution < 1.29 is 12.8 Å². The molecule has 8 heteroatoms. The topological polar surface area (TPSA) is 66.4 Å². The second kappa shape index (κ2) is 9.34. The first-order valence-corrected chi connectivity index (χ1v) is 12.6. The quantitative estimate of drug-likeness (QED) is 0.570. The summed E-state index contributed by atoms with van der Waals surface area (Å²) in [4.78, 5) is 12.0. The Morgan fingerprint density at radius 1 is 0.938 bits per heavy atom. The fraction of sp³-hybridized carbons (Fsp3) is 0.333. The lowest BCUT2D eigenvalue weighted by atomic mass is 10.0. The van der Waals surface area contributed by atoms with E-state index in [1.165, 1.54) is 22.7 Å². The van der Waals surface area contributed by atoms with E-state index in [0.29, 0.717) is 38.4 Å². The first kappa shape index (κ1) is 22.4. The van der Waals surface area contributed by atoms with Crippen LogP contribution in [0.4, 0.5) is 10.2 Å². The molecule has 1 fully saturated rings. The zero-order chi connectivity index (χ0) is 22.7. The molecule has 0 amide bonds. The van der Waals surface area contributed by atoms with Crippen LogP contribution >= 0.6 is 0 Å². The zero-order valence-electron chi connectivity index (χ0n) is 18.3. The highest BCUT2D eigenvalue weighted by atomic mass is 32.2. The Bertz CT molecular complexity index is 1180. The Kier molecular flexibility index (Phi) is 6.53. The van der Waals surface area contributed by atoms with Gasteiger partial charge in [-0.15, -0.1) is 0 Å². The molecule has 1 aliphatic rings. The summed E-state index contributed by atoms with van der Waals surface area (Å²) < 4.78 is 38.8. The summed E-state index contributed by atoms with van der Waals surface area (Å²) >= 11 is 0. The zero-order valence-corrected chi connectivity index (χ0v) is 19.1. The van der Waals surface area contributed by atoms with Crippen molar-refractivity contribution in [2.24, 2.45) is 0 Å². The van der Waals surface area contributed by atoms with Gasteiger partial charge in [-0.25, -0.2) is 22.8 Å². The minimum absolute atomic E-state index is 0.266. The highest BCUT2D eigenvalue weighted by Gasteiger charge is 2.27.